The van der Waals surface area contributed by atoms with Gasteiger partial charge >= 0.3 is 5.69 Å². The lowest BCUT2D eigenvalue weighted by molar-refractivity contribution is -0.383. The fourth-order valence-electron chi connectivity index (χ4n) is 2.35. The normalized spacial score (nSPS) is 16.4. The molecule has 1 aromatic heterocycles. The molecule has 8 heteroatoms. The van der Waals surface area contributed by atoms with Gasteiger partial charge in [-0.05, 0) is 35.1 Å². The zero-order chi connectivity index (χ0) is 13.9. The minimum Gasteiger partial charge on any atom is -0.383 e. The highest BCUT2D eigenvalue weighted by molar-refractivity contribution is 5.93. The molecule has 2 heterocycles. The summed E-state index contributed by atoms with van der Waals surface area (Å²) < 4.78 is 9.94. The molecule has 0 atom stereocenters. The van der Waals surface area contributed by atoms with Crippen LogP contribution in [-0.4, -0.2) is 35.0 Å². The number of fused-ring (bicyclic) bond motifs is 1. The van der Waals surface area contributed by atoms with Gasteiger partial charge in [0.05, 0.1) is 10.6 Å². The van der Waals surface area contributed by atoms with Gasteiger partial charge in [0.2, 0.25) is 5.52 Å². The molecule has 0 saturated carbocycles. The van der Waals surface area contributed by atoms with Crippen LogP contribution in [0.15, 0.2) is 16.8 Å². The number of nitrogens with zero attached hydrogens (tertiary/aromatic N) is 3. The second-order valence-corrected chi connectivity index (χ2v) is 4.79. The van der Waals surface area contributed by atoms with Crippen molar-refractivity contribution in [1.29, 1.82) is 0 Å². The van der Waals surface area contributed by atoms with E-state index in [1.54, 1.807) is 6.07 Å². The molecule has 1 saturated heterocycles. The zero-order valence-corrected chi connectivity index (χ0v) is 10.7. The van der Waals surface area contributed by atoms with E-state index in [9.17, 15) is 10.1 Å². The summed E-state index contributed by atoms with van der Waals surface area (Å²) in [4.78, 5) is 10.4. The molecule has 1 N–H and O–H groups in total. The van der Waals surface area contributed by atoms with Crippen molar-refractivity contribution in [2.24, 2.45) is 5.92 Å². The number of benzene rings is 1. The van der Waals surface area contributed by atoms with E-state index in [1.165, 1.54) is 6.07 Å². The topological polar surface area (TPSA) is 103 Å². The number of nitrogens with one attached hydrogen (secondary N) is 1. The molecule has 1 aromatic carbocycles. The Morgan fingerprint density at radius 3 is 2.80 bits per heavy atom. The molecular formula is C12H14N4O4. The number of ether oxygens (including phenoxy) is 1. The number of rotatable bonds is 4. The summed E-state index contributed by atoms with van der Waals surface area (Å²) >= 11 is 0. The van der Waals surface area contributed by atoms with E-state index < -0.39 is 4.92 Å². The molecule has 0 bridgehead atoms. The number of hydrogen-bond donors (Lipinski definition) is 1. The van der Waals surface area contributed by atoms with Crippen LogP contribution in [0.5, 0.6) is 0 Å². The van der Waals surface area contributed by atoms with E-state index in [4.69, 9.17) is 4.74 Å². The monoisotopic (exact) mass is 278 g/mol. The van der Waals surface area contributed by atoms with Crippen molar-refractivity contribution in [2.45, 2.75) is 12.8 Å². The summed E-state index contributed by atoms with van der Waals surface area (Å²) in [6.45, 7) is 2.35. The summed E-state index contributed by atoms with van der Waals surface area (Å²) in [6.07, 6.45) is 2.03. The lowest BCUT2D eigenvalue weighted by Gasteiger charge is -2.22. The average Bonchev–Trinajstić information content (AvgIpc) is 2.95. The Bertz CT molecular complexity index is 621. The van der Waals surface area contributed by atoms with Gasteiger partial charge in [0.1, 0.15) is 0 Å². The maximum absolute atomic E-state index is 10.9. The minimum atomic E-state index is -0.491. The van der Waals surface area contributed by atoms with Crippen LogP contribution in [0.1, 0.15) is 12.8 Å². The molecule has 1 aliphatic rings. The van der Waals surface area contributed by atoms with Gasteiger partial charge in [0, 0.05) is 25.8 Å². The van der Waals surface area contributed by atoms with E-state index in [2.05, 4.69) is 20.3 Å². The van der Waals surface area contributed by atoms with E-state index in [-0.39, 0.29) is 11.2 Å². The number of nitro benzene ring substituents is 1. The third-order valence-corrected chi connectivity index (χ3v) is 3.51. The van der Waals surface area contributed by atoms with Gasteiger partial charge in [-0.1, -0.05) is 0 Å². The number of nitro groups is 1. The fraction of sp³-hybridized carbons (Fsp3) is 0.500. The summed E-state index contributed by atoms with van der Waals surface area (Å²) in [5, 5.41) is 21.5. The van der Waals surface area contributed by atoms with Crippen LogP contribution in [0.4, 0.5) is 11.4 Å². The van der Waals surface area contributed by atoms with Crippen molar-refractivity contribution in [1.82, 2.24) is 10.3 Å². The van der Waals surface area contributed by atoms with Gasteiger partial charge in [-0.25, -0.2) is 4.63 Å². The smallest absolute Gasteiger partial charge is 0.300 e. The second-order valence-electron chi connectivity index (χ2n) is 4.79. The molecule has 2 aromatic rings. The largest absolute Gasteiger partial charge is 0.383 e. The van der Waals surface area contributed by atoms with Crippen molar-refractivity contribution in [3.63, 3.8) is 0 Å². The zero-order valence-electron chi connectivity index (χ0n) is 10.7. The van der Waals surface area contributed by atoms with E-state index in [0.717, 1.165) is 32.6 Å². The average molecular weight is 278 g/mol. The molecule has 3 rings (SSSR count). The highest BCUT2D eigenvalue weighted by atomic mass is 16.6. The van der Waals surface area contributed by atoms with Gasteiger partial charge in [-0.15, -0.1) is 0 Å². The van der Waals surface area contributed by atoms with Crippen LogP contribution >= 0.6 is 0 Å². The highest BCUT2D eigenvalue weighted by Gasteiger charge is 2.20. The number of hydrogen-bond acceptors (Lipinski definition) is 7. The molecule has 8 nitrogen and oxygen atoms in total. The van der Waals surface area contributed by atoms with E-state index in [0.29, 0.717) is 17.1 Å². The van der Waals surface area contributed by atoms with Crippen molar-refractivity contribution >= 4 is 22.4 Å². The van der Waals surface area contributed by atoms with Gasteiger partial charge in [-0.2, -0.15) is 0 Å². The number of anilines is 1. The van der Waals surface area contributed by atoms with E-state index >= 15 is 0 Å². The first kappa shape index (κ1) is 12.8. The van der Waals surface area contributed by atoms with Crippen LogP contribution in [0.2, 0.25) is 0 Å². The van der Waals surface area contributed by atoms with Gasteiger partial charge in [0.25, 0.3) is 0 Å². The molecule has 0 unspecified atom stereocenters. The van der Waals surface area contributed by atoms with Gasteiger partial charge < -0.3 is 10.1 Å². The predicted molar refractivity (Wildman–Crippen MR) is 70.5 cm³/mol. The van der Waals surface area contributed by atoms with Crippen LogP contribution in [0.3, 0.4) is 0 Å². The predicted octanol–water partition coefficient (Wildman–Crippen LogP) is 1.97. The first-order valence-corrected chi connectivity index (χ1v) is 6.47. The van der Waals surface area contributed by atoms with Gasteiger partial charge in [-0.3, -0.25) is 10.1 Å². The summed E-state index contributed by atoms with van der Waals surface area (Å²) in [5.74, 6) is 0.536. The number of aromatic nitrogens is 2. The Kier molecular flexibility index (Phi) is 3.46. The van der Waals surface area contributed by atoms with Crippen LogP contribution in [-0.2, 0) is 4.74 Å². The second kappa shape index (κ2) is 5.41. The third-order valence-electron chi connectivity index (χ3n) is 3.51. The van der Waals surface area contributed by atoms with Crippen LogP contribution in [0.25, 0.3) is 11.0 Å². The Labute approximate surface area is 114 Å². The van der Waals surface area contributed by atoms with Crippen LogP contribution < -0.4 is 5.32 Å². The third kappa shape index (κ3) is 2.42. The first-order chi connectivity index (χ1) is 9.75. The first-order valence-electron chi connectivity index (χ1n) is 6.47. The lowest BCUT2D eigenvalue weighted by Crippen LogP contribution is -2.22. The SMILES string of the molecule is O=[N+]([O-])c1ccc(NCC2CCOCC2)c2nonc12. The molecule has 1 aliphatic heterocycles. The standard InChI is InChI=1S/C12H14N4O4/c17-16(18)10-2-1-9(11-12(10)15-20-14-11)13-7-8-3-5-19-6-4-8/h1-2,8,13H,3-7H2. The van der Waals surface area contributed by atoms with Gasteiger partial charge in [0.15, 0.2) is 5.52 Å². The summed E-state index contributed by atoms with van der Waals surface area (Å²) in [6, 6.07) is 3.06. The number of non-ortho nitro benzene ring substituents is 1. The Hall–Kier alpha value is -2.22. The Morgan fingerprint density at radius 2 is 2.05 bits per heavy atom. The molecule has 20 heavy (non-hydrogen) atoms. The molecule has 0 spiro atoms. The Morgan fingerprint density at radius 1 is 1.30 bits per heavy atom. The molecule has 1 fully saturated rings. The molecular weight excluding hydrogens is 264 g/mol. The van der Waals surface area contributed by atoms with Crippen LogP contribution in [0, 0.1) is 16.0 Å². The molecule has 0 aliphatic carbocycles. The summed E-state index contributed by atoms with van der Waals surface area (Å²) in [5.41, 5.74) is 1.18. The van der Waals surface area contributed by atoms with Crippen molar-refractivity contribution in [3.8, 4) is 0 Å². The van der Waals surface area contributed by atoms with Crippen molar-refractivity contribution in [3.05, 3.63) is 22.2 Å². The maximum Gasteiger partial charge on any atom is 0.300 e. The highest BCUT2D eigenvalue weighted by Crippen LogP contribution is 2.29. The quantitative estimate of drug-likeness (QED) is 0.673. The molecule has 0 amide bonds. The minimum absolute atomic E-state index is 0.0992. The molecule has 0 radical (unpaired) electrons. The fourth-order valence-corrected chi connectivity index (χ4v) is 2.35. The Balaban J connectivity index is 1.79. The van der Waals surface area contributed by atoms with E-state index in [1.807, 2.05) is 0 Å². The summed E-state index contributed by atoms with van der Waals surface area (Å²) in [7, 11) is 0. The maximum atomic E-state index is 10.9. The van der Waals surface area contributed by atoms with Crippen molar-refractivity contribution in [2.75, 3.05) is 25.1 Å². The lowest BCUT2D eigenvalue weighted by atomic mass is 10.0. The van der Waals surface area contributed by atoms with Crippen molar-refractivity contribution < 1.29 is 14.3 Å². The molecule has 106 valence electrons.